The molecule has 0 amide bonds. The Morgan fingerprint density at radius 3 is 2.40 bits per heavy atom. The zero-order valence-electron chi connectivity index (χ0n) is 13.1. The molecule has 0 aliphatic heterocycles. The van der Waals surface area contributed by atoms with Crippen LogP contribution in [0.15, 0.2) is 24.3 Å². The zero-order chi connectivity index (χ0) is 14.7. The van der Waals surface area contributed by atoms with Gasteiger partial charge in [-0.05, 0) is 31.3 Å². The van der Waals surface area contributed by atoms with Gasteiger partial charge in [-0.15, -0.1) is 0 Å². The van der Waals surface area contributed by atoms with Crippen molar-refractivity contribution in [1.29, 1.82) is 0 Å². The van der Waals surface area contributed by atoms with E-state index in [-0.39, 0.29) is 0 Å². The quantitative estimate of drug-likeness (QED) is 0.903. The molecule has 0 radical (unpaired) electrons. The summed E-state index contributed by atoms with van der Waals surface area (Å²) in [5.74, 6) is 0. The smallest absolute Gasteiger partial charge is 0.0727 e. The van der Waals surface area contributed by atoms with Crippen molar-refractivity contribution in [2.24, 2.45) is 0 Å². The van der Waals surface area contributed by atoms with Gasteiger partial charge in [0.05, 0.1) is 5.52 Å². The van der Waals surface area contributed by atoms with E-state index >= 15 is 0 Å². The van der Waals surface area contributed by atoms with Crippen LogP contribution in [0.3, 0.4) is 0 Å². The minimum Gasteiger partial charge on any atom is -0.378 e. The third-order valence-corrected chi connectivity index (χ3v) is 3.45. The Bertz CT molecular complexity index is 590. The third-order valence-electron chi connectivity index (χ3n) is 3.45. The van der Waals surface area contributed by atoms with Crippen LogP contribution in [-0.4, -0.2) is 46.8 Å². The van der Waals surface area contributed by atoms with Crippen LogP contribution in [0.2, 0.25) is 0 Å². The van der Waals surface area contributed by atoms with Gasteiger partial charge in [-0.3, -0.25) is 4.98 Å². The molecule has 0 aliphatic carbocycles. The van der Waals surface area contributed by atoms with Crippen LogP contribution in [0.4, 0.5) is 11.4 Å². The number of benzene rings is 1. The first-order valence-corrected chi connectivity index (χ1v) is 6.96. The van der Waals surface area contributed by atoms with Gasteiger partial charge in [0.2, 0.25) is 0 Å². The molecular weight excluding hydrogens is 248 g/mol. The fourth-order valence-electron chi connectivity index (χ4n) is 2.28. The summed E-state index contributed by atoms with van der Waals surface area (Å²) in [5.41, 5.74) is 4.62. The van der Waals surface area contributed by atoms with Crippen molar-refractivity contribution in [3.8, 4) is 0 Å². The highest BCUT2D eigenvalue weighted by molar-refractivity contribution is 5.94. The van der Waals surface area contributed by atoms with Crippen LogP contribution in [0.1, 0.15) is 5.69 Å². The summed E-state index contributed by atoms with van der Waals surface area (Å²) in [4.78, 5) is 9.05. The molecule has 0 saturated carbocycles. The van der Waals surface area contributed by atoms with E-state index in [0.717, 1.165) is 24.2 Å². The second-order valence-electron chi connectivity index (χ2n) is 5.48. The minimum atomic E-state index is 0.946. The second-order valence-corrected chi connectivity index (χ2v) is 5.48. The number of fused-ring (bicyclic) bond motifs is 1. The lowest BCUT2D eigenvalue weighted by atomic mass is 10.1. The minimum absolute atomic E-state index is 0.946. The number of aromatic nitrogens is 1. The number of hydrogen-bond donors (Lipinski definition) is 1. The first-order valence-electron chi connectivity index (χ1n) is 6.96. The molecule has 108 valence electrons. The molecule has 0 aliphatic rings. The average Bonchev–Trinajstić information content (AvgIpc) is 2.43. The predicted octanol–water partition coefficient (Wildman–Crippen LogP) is 2.13. The van der Waals surface area contributed by atoms with Crippen LogP contribution in [0.5, 0.6) is 0 Å². The molecule has 4 nitrogen and oxygen atoms in total. The molecule has 0 spiro atoms. The van der Waals surface area contributed by atoms with Crippen LogP contribution in [0.25, 0.3) is 10.9 Å². The number of nitrogens with one attached hydrogen (secondary N) is 1. The molecule has 2 aromatic rings. The molecule has 0 atom stereocenters. The van der Waals surface area contributed by atoms with Crippen molar-refractivity contribution >= 4 is 22.3 Å². The van der Waals surface area contributed by atoms with E-state index in [2.05, 4.69) is 67.6 Å². The molecular formula is C16H24N4. The van der Waals surface area contributed by atoms with Crippen molar-refractivity contribution in [3.63, 3.8) is 0 Å². The van der Waals surface area contributed by atoms with Gasteiger partial charge in [-0.1, -0.05) is 0 Å². The van der Waals surface area contributed by atoms with Crippen LogP contribution in [0, 0.1) is 0 Å². The van der Waals surface area contributed by atoms with Gasteiger partial charge in [0.15, 0.2) is 0 Å². The lowest BCUT2D eigenvalue weighted by Crippen LogP contribution is -2.14. The van der Waals surface area contributed by atoms with Crippen molar-refractivity contribution < 1.29 is 0 Å². The molecule has 1 heterocycles. The first-order chi connectivity index (χ1) is 9.52. The van der Waals surface area contributed by atoms with E-state index in [4.69, 9.17) is 4.98 Å². The number of likely N-dealkylation sites (N-methyl/N-ethyl adjacent to an activating group) is 1. The molecule has 0 saturated heterocycles. The molecule has 1 aromatic carbocycles. The summed E-state index contributed by atoms with van der Waals surface area (Å²) in [6.07, 6.45) is 0.947. The van der Waals surface area contributed by atoms with E-state index in [1.807, 2.05) is 7.05 Å². The van der Waals surface area contributed by atoms with Crippen molar-refractivity contribution in [2.75, 3.05) is 51.6 Å². The average molecular weight is 272 g/mol. The summed E-state index contributed by atoms with van der Waals surface area (Å²) in [6.45, 7) is 0.946. The number of nitrogens with zero attached hydrogens (tertiary/aromatic N) is 3. The Labute approximate surface area is 121 Å². The summed E-state index contributed by atoms with van der Waals surface area (Å²) < 4.78 is 0. The zero-order valence-corrected chi connectivity index (χ0v) is 13.1. The Hall–Kier alpha value is -1.81. The van der Waals surface area contributed by atoms with Crippen LogP contribution in [-0.2, 0) is 6.42 Å². The normalized spacial score (nSPS) is 10.8. The van der Waals surface area contributed by atoms with Gasteiger partial charge in [-0.2, -0.15) is 0 Å². The molecule has 2 rings (SSSR count). The monoisotopic (exact) mass is 272 g/mol. The first kappa shape index (κ1) is 14.6. The predicted molar refractivity (Wildman–Crippen MR) is 88.0 cm³/mol. The lowest BCUT2D eigenvalue weighted by molar-refractivity contribution is 0.779. The van der Waals surface area contributed by atoms with E-state index in [9.17, 15) is 0 Å². The number of hydrogen-bond acceptors (Lipinski definition) is 4. The highest BCUT2D eigenvalue weighted by atomic mass is 15.1. The molecule has 1 N–H and O–H groups in total. The van der Waals surface area contributed by atoms with Gasteiger partial charge >= 0.3 is 0 Å². The summed E-state index contributed by atoms with van der Waals surface area (Å²) in [7, 11) is 10.3. The Morgan fingerprint density at radius 1 is 1.05 bits per heavy atom. The van der Waals surface area contributed by atoms with E-state index < -0.39 is 0 Å². The fraction of sp³-hybridized carbons (Fsp3) is 0.438. The van der Waals surface area contributed by atoms with Gasteiger partial charge < -0.3 is 15.1 Å². The van der Waals surface area contributed by atoms with Crippen LogP contribution < -0.4 is 15.1 Å². The lowest BCUT2D eigenvalue weighted by Gasteiger charge is -2.19. The fourth-order valence-corrected chi connectivity index (χ4v) is 2.28. The van der Waals surface area contributed by atoms with Gasteiger partial charge in [0, 0.05) is 63.6 Å². The van der Waals surface area contributed by atoms with Crippen molar-refractivity contribution in [2.45, 2.75) is 6.42 Å². The van der Waals surface area contributed by atoms with Gasteiger partial charge in [-0.25, -0.2) is 0 Å². The molecule has 4 heteroatoms. The van der Waals surface area contributed by atoms with Crippen LogP contribution >= 0.6 is 0 Å². The number of rotatable bonds is 5. The maximum Gasteiger partial charge on any atom is 0.0727 e. The van der Waals surface area contributed by atoms with E-state index in [1.165, 1.54) is 16.8 Å². The largest absolute Gasteiger partial charge is 0.378 e. The molecule has 20 heavy (non-hydrogen) atoms. The summed E-state index contributed by atoms with van der Waals surface area (Å²) >= 11 is 0. The third kappa shape index (κ3) is 3.02. The molecule has 0 fully saturated rings. The second kappa shape index (κ2) is 6.09. The topological polar surface area (TPSA) is 31.4 Å². The molecule has 1 aromatic heterocycles. The number of pyridine rings is 1. The Balaban J connectivity index is 2.56. The summed E-state index contributed by atoms with van der Waals surface area (Å²) in [5, 5.41) is 4.38. The van der Waals surface area contributed by atoms with Gasteiger partial charge in [0.1, 0.15) is 0 Å². The van der Waals surface area contributed by atoms with Gasteiger partial charge in [0.25, 0.3) is 0 Å². The molecule has 0 unspecified atom stereocenters. The maximum absolute atomic E-state index is 4.77. The Morgan fingerprint density at radius 2 is 1.80 bits per heavy atom. The van der Waals surface area contributed by atoms with Crippen molar-refractivity contribution in [1.82, 2.24) is 10.3 Å². The number of anilines is 2. The Kier molecular flexibility index (Phi) is 4.45. The maximum atomic E-state index is 4.77. The van der Waals surface area contributed by atoms with E-state index in [1.54, 1.807) is 0 Å². The van der Waals surface area contributed by atoms with Crippen molar-refractivity contribution in [3.05, 3.63) is 30.0 Å². The summed E-state index contributed by atoms with van der Waals surface area (Å²) in [6, 6.07) is 8.63. The highest BCUT2D eigenvalue weighted by Crippen LogP contribution is 2.29. The standard InChI is InChI=1S/C16H24N4/c1-17-9-8-12-10-16(20(4)5)14-11-13(19(2)3)6-7-15(14)18-12/h6-7,10-11,17H,8-9H2,1-5H3. The van der Waals surface area contributed by atoms with E-state index in [0.29, 0.717) is 0 Å². The SMILES string of the molecule is CNCCc1cc(N(C)C)c2cc(N(C)C)ccc2n1. The molecule has 0 bridgehead atoms. The highest BCUT2D eigenvalue weighted by Gasteiger charge is 2.09.